The Morgan fingerprint density at radius 2 is 2.00 bits per heavy atom. The normalized spacial score (nSPS) is 28.3. The SMILES string of the molecule is O=C1CC(Br)CN1C1CCN(Cc2ccccc2)C1. The maximum Gasteiger partial charge on any atom is 0.224 e. The summed E-state index contributed by atoms with van der Waals surface area (Å²) in [6.45, 7) is 3.98. The fraction of sp³-hybridized carbons (Fsp3) is 0.533. The zero-order valence-electron chi connectivity index (χ0n) is 11.0. The summed E-state index contributed by atoms with van der Waals surface area (Å²) in [5.74, 6) is 0.313. The summed E-state index contributed by atoms with van der Waals surface area (Å²) in [6, 6.07) is 11.0. The van der Waals surface area contributed by atoms with Crippen molar-refractivity contribution in [2.75, 3.05) is 19.6 Å². The second kappa shape index (κ2) is 5.63. The second-order valence-electron chi connectivity index (χ2n) is 5.51. The highest BCUT2D eigenvalue weighted by atomic mass is 79.9. The number of rotatable bonds is 3. The van der Waals surface area contributed by atoms with Crippen LogP contribution >= 0.6 is 15.9 Å². The maximum absolute atomic E-state index is 11.9. The smallest absolute Gasteiger partial charge is 0.224 e. The highest BCUT2D eigenvalue weighted by molar-refractivity contribution is 9.09. The summed E-state index contributed by atoms with van der Waals surface area (Å²) in [6.07, 6.45) is 1.77. The van der Waals surface area contributed by atoms with Crippen molar-refractivity contribution in [1.82, 2.24) is 9.80 Å². The van der Waals surface area contributed by atoms with Gasteiger partial charge >= 0.3 is 0 Å². The number of amides is 1. The second-order valence-corrected chi connectivity index (χ2v) is 6.81. The average Bonchev–Trinajstić information content (AvgIpc) is 2.97. The summed E-state index contributed by atoms with van der Waals surface area (Å²) in [7, 11) is 0. The van der Waals surface area contributed by atoms with E-state index in [-0.39, 0.29) is 0 Å². The molecule has 2 atom stereocenters. The van der Waals surface area contributed by atoms with Gasteiger partial charge in [0.05, 0.1) is 0 Å². The van der Waals surface area contributed by atoms with Crippen molar-refractivity contribution in [2.24, 2.45) is 0 Å². The monoisotopic (exact) mass is 322 g/mol. The Labute approximate surface area is 122 Å². The molecule has 2 unspecified atom stereocenters. The Morgan fingerprint density at radius 1 is 1.21 bits per heavy atom. The minimum Gasteiger partial charge on any atom is -0.337 e. The van der Waals surface area contributed by atoms with Gasteiger partial charge in [-0.15, -0.1) is 0 Å². The lowest BCUT2D eigenvalue weighted by Crippen LogP contribution is -2.38. The maximum atomic E-state index is 11.9. The third-order valence-corrected chi connectivity index (χ3v) is 4.66. The first kappa shape index (κ1) is 13.1. The minimum atomic E-state index is 0.313. The number of carbonyl (C=O) groups excluding carboxylic acids is 1. The van der Waals surface area contributed by atoms with Crippen molar-refractivity contribution in [1.29, 1.82) is 0 Å². The molecule has 19 heavy (non-hydrogen) atoms. The van der Waals surface area contributed by atoms with Gasteiger partial charge in [-0.2, -0.15) is 0 Å². The lowest BCUT2D eigenvalue weighted by atomic mass is 10.2. The highest BCUT2D eigenvalue weighted by Crippen LogP contribution is 2.25. The minimum absolute atomic E-state index is 0.313. The van der Waals surface area contributed by atoms with Gasteiger partial charge in [0.15, 0.2) is 0 Å². The van der Waals surface area contributed by atoms with Crippen molar-refractivity contribution >= 4 is 21.8 Å². The largest absolute Gasteiger partial charge is 0.337 e. The van der Waals surface area contributed by atoms with Gasteiger partial charge in [0, 0.05) is 43.5 Å². The Bertz CT molecular complexity index is 451. The summed E-state index contributed by atoms with van der Waals surface area (Å²) in [5.41, 5.74) is 1.36. The van der Waals surface area contributed by atoms with Crippen LogP contribution in [0.3, 0.4) is 0 Å². The Morgan fingerprint density at radius 3 is 2.68 bits per heavy atom. The molecule has 0 aliphatic carbocycles. The molecule has 2 aliphatic heterocycles. The molecule has 1 aromatic rings. The molecule has 0 radical (unpaired) electrons. The zero-order chi connectivity index (χ0) is 13.2. The van der Waals surface area contributed by atoms with Crippen LogP contribution in [0, 0.1) is 0 Å². The van der Waals surface area contributed by atoms with Gasteiger partial charge in [-0.05, 0) is 12.0 Å². The molecule has 0 spiro atoms. The molecule has 2 aliphatic rings. The number of hydrogen-bond acceptors (Lipinski definition) is 2. The van der Waals surface area contributed by atoms with E-state index in [0.717, 1.165) is 32.6 Å². The quantitative estimate of drug-likeness (QED) is 0.797. The van der Waals surface area contributed by atoms with Gasteiger partial charge in [0.2, 0.25) is 5.91 Å². The summed E-state index contributed by atoms with van der Waals surface area (Å²) < 4.78 is 0. The van der Waals surface area contributed by atoms with Crippen molar-refractivity contribution in [3.8, 4) is 0 Å². The van der Waals surface area contributed by atoms with Crippen LogP contribution in [0.1, 0.15) is 18.4 Å². The molecule has 1 aromatic carbocycles. The van der Waals surface area contributed by atoms with E-state index in [4.69, 9.17) is 0 Å². The molecule has 0 aromatic heterocycles. The van der Waals surface area contributed by atoms with E-state index in [0.29, 0.717) is 23.2 Å². The van der Waals surface area contributed by atoms with Crippen LogP contribution in [0.25, 0.3) is 0 Å². The molecule has 3 rings (SSSR count). The zero-order valence-corrected chi connectivity index (χ0v) is 12.6. The van der Waals surface area contributed by atoms with Gasteiger partial charge in [0.25, 0.3) is 0 Å². The lowest BCUT2D eigenvalue weighted by Gasteiger charge is -2.24. The molecule has 3 nitrogen and oxygen atoms in total. The molecular formula is C15H19BrN2O. The van der Waals surface area contributed by atoms with Crippen LogP contribution in [0.2, 0.25) is 0 Å². The van der Waals surface area contributed by atoms with E-state index in [2.05, 4.69) is 56.1 Å². The summed E-state index contributed by atoms with van der Waals surface area (Å²) in [4.78, 5) is 16.8. The summed E-state index contributed by atoms with van der Waals surface area (Å²) >= 11 is 3.56. The number of nitrogens with zero attached hydrogens (tertiary/aromatic N) is 2. The van der Waals surface area contributed by atoms with Crippen LogP contribution in [-0.4, -0.2) is 46.2 Å². The Balaban J connectivity index is 1.57. The van der Waals surface area contributed by atoms with Gasteiger partial charge in [-0.1, -0.05) is 46.3 Å². The van der Waals surface area contributed by atoms with E-state index >= 15 is 0 Å². The van der Waals surface area contributed by atoms with Crippen molar-refractivity contribution in [3.05, 3.63) is 35.9 Å². The van der Waals surface area contributed by atoms with Crippen LogP contribution in [0.15, 0.2) is 30.3 Å². The third kappa shape index (κ3) is 3.00. The van der Waals surface area contributed by atoms with Crippen LogP contribution in [0.5, 0.6) is 0 Å². The van der Waals surface area contributed by atoms with Crippen molar-refractivity contribution in [3.63, 3.8) is 0 Å². The van der Waals surface area contributed by atoms with Crippen molar-refractivity contribution in [2.45, 2.75) is 30.3 Å². The lowest BCUT2D eigenvalue weighted by molar-refractivity contribution is -0.129. The molecule has 0 saturated carbocycles. The van der Waals surface area contributed by atoms with Gasteiger partial charge in [-0.25, -0.2) is 0 Å². The standard InChI is InChI=1S/C15H19BrN2O/c16-13-8-15(19)18(10-13)14-6-7-17(11-14)9-12-4-2-1-3-5-12/h1-5,13-14H,6-11H2. The number of hydrogen-bond donors (Lipinski definition) is 0. The van der Waals surface area contributed by atoms with Gasteiger partial charge in [0.1, 0.15) is 0 Å². The van der Waals surface area contributed by atoms with E-state index in [1.165, 1.54) is 5.56 Å². The first-order chi connectivity index (χ1) is 9.22. The molecule has 0 N–H and O–H groups in total. The van der Waals surface area contributed by atoms with E-state index in [1.807, 2.05) is 0 Å². The molecule has 4 heteroatoms. The first-order valence-corrected chi connectivity index (χ1v) is 7.84. The van der Waals surface area contributed by atoms with Crippen LogP contribution < -0.4 is 0 Å². The van der Waals surface area contributed by atoms with E-state index < -0.39 is 0 Å². The first-order valence-electron chi connectivity index (χ1n) is 6.92. The predicted octanol–water partition coefficient (Wildman–Crippen LogP) is 2.26. The number of likely N-dealkylation sites (tertiary alicyclic amines) is 2. The predicted molar refractivity (Wildman–Crippen MR) is 79.2 cm³/mol. The van der Waals surface area contributed by atoms with E-state index in [9.17, 15) is 4.79 Å². The Hall–Kier alpha value is -0.870. The number of alkyl halides is 1. The molecular weight excluding hydrogens is 304 g/mol. The fourth-order valence-corrected chi connectivity index (χ4v) is 3.68. The van der Waals surface area contributed by atoms with Gasteiger partial charge in [-0.3, -0.25) is 9.69 Å². The van der Waals surface area contributed by atoms with E-state index in [1.54, 1.807) is 0 Å². The van der Waals surface area contributed by atoms with Crippen LogP contribution in [-0.2, 0) is 11.3 Å². The number of halogens is 1. The van der Waals surface area contributed by atoms with Gasteiger partial charge < -0.3 is 4.90 Å². The molecule has 2 fully saturated rings. The Kier molecular flexibility index (Phi) is 3.89. The molecule has 0 bridgehead atoms. The van der Waals surface area contributed by atoms with Crippen molar-refractivity contribution < 1.29 is 4.79 Å². The number of carbonyl (C=O) groups is 1. The molecule has 2 saturated heterocycles. The molecule has 2 heterocycles. The average molecular weight is 323 g/mol. The van der Waals surface area contributed by atoms with Crippen LogP contribution in [0.4, 0.5) is 0 Å². The summed E-state index contributed by atoms with van der Waals surface area (Å²) in [5, 5.41) is 0. The molecule has 102 valence electrons. The topological polar surface area (TPSA) is 23.6 Å². The third-order valence-electron chi connectivity index (χ3n) is 4.05. The fourth-order valence-electron chi connectivity index (χ4n) is 3.09. The number of benzene rings is 1. The molecule has 1 amide bonds. The highest BCUT2D eigenvalue weighted by Gasteiger charge is 2.36.